The molecule has 3 nitrogen and oxygen atoms in total. The summed E-state index contributed by atoms with van der Waals surface area (Å²) in [4.78, 5) is 11.1. The number of hydrogen-bond donors (Lipinski definition) is 2. The fourth-order valence-electron chi connectivity index (χ4n) is 3.57. The highest BCUT2D eigenvalue weighted by atomic mass is 32.2. The Balaban J connectivity index is 1.83. The molecular weight excluding hydrogens is 210 g/mol. The normalized spacial score (nSPS) is 42.3. The number of carboxylic acid groups (broad SMARTS) is 1. The van der Waals surface area contributed by atoms with Crippen molar-refractivity contribution in [3.8, 4) is 0 Å². The van der Waals surface area contributed by atoms with E-state index in [-0.39, 0.29) is 10.9 Å². The van der Waals surface area contributed by atoms with Crippen molar-refractivity contribution in [1.29, 1.82) is 0 Å². The fraction of sp³-hybridized carbons (Fsp3) is 0.909. The highest BCUT2D eigenvalue weighted by Gasteiger charge is 2.61. The molecule has 1 unspecified atom stereocenters. The zero-order valence-corrected chi connectivity index (χ0v) is 9.61. The Bertz CT molecular complexity index is 303. The summed E-state index contributed by atoms with van der Waals surface area (Å²) in [7, 11) is 0. The summed E-state index contributed by atoms with van der Waals surface area (Å²) in [6.07, 6.45) is 7.69. The molecule has 2 spiro atoms. The number of hydrogen-bond acceptors (Lipinski definition) is 3. The summed E-state index contributed by atoms with van der Waals surface area (Å²) >= 11 is 1.88. The molecule has 0 radical (unpaired) electrons. The molecular formula is C11H17NO2S. The molecule has 2 aliphatic carbocycles. The average molecular weight is 227 g/mol. The van der Waals surface area contributed by atoms with Crippen LogP contribution in [0.3, 0.4) is 0 Å². The van der Waals surface area contributed by atoms with Gasteiger partial charge >= 0.3 is 5.97 Å². The minimum atomic E-state index is -0.680. The molecule has 2 atom stereocenters. The fourth-order valence-corrected chi connectivity index (χ4v) is 5.38. The molecule has 15 heavy (non-hydrogen) atoms. The summed E-state index contributed by atoms with van der Waals surface area (Å²) in [5, 5.41) is 12.5. The van der Waals surface area contributed by atoms with Gasteiger partial charge in [0.1, 0.15) is 6.04 Å². The molecule has 0 aromatic carbocycles. The maximum atomic E-state index is 11.0. The van der Waals surface area contributed by atoms with E-state index in [0.717, 1.165) is 5.75 Å². The second-order valence-electron chi connectivity index (χ2n) is 5.16. The van der Waals surface area contributed by atoms with Gasteiger partial charge in [0.15, 0.2) is 0 Å². The molecule has 0 aromatic heterocycles. The van der Waals surface area contributed by atoms with Crippen molar-refractivity contribution in [1.82, 2.24) is 5.32 Å². The predicted octanol–water partition coefficient (Wildman–Crippen LogP) is 1.83. The van der Waals surface area contributed by atoms with Gasteiger partial charge in [-0.15, -0.1) is 11.8 Å². The molecule has 1 saturated heterocycles. The monoisotopic (exact) mass is 227 g/mol. The van der Waals surface area contributed by atoms with Crippen molar-refractivity contribution >= 4 is 17.7 Å². The lowest BCUT2D eigenvalue weighted by atomic mass is 9.65. The van der Waals surface area contributed by atoms with Gasteiger partial charge in [-0.05, 0) is 31.1 Å². The Kier molecular flexibility index (Phi) is 2.09. The number of carboxylic acids is 1. The first kappa shape index (κ1) is 9.97. The van der Waals surface area contributed by atoms with E-state index in [1.807, 2.05) is 11.8 Å². The highest BCUT2D eigenvalue weighted by molar-refractivity contribution is 8.01. The third-order valence-corrected chi connectivity index (χ3v) is 6.30. The van der Waals surface area contributed by atoms with E-state index in [2.05, 4.69) is 5.32 Å². The summed E-state index contributed by atoms with van der Waals surface area (Å²) < 4.78 is 0. The molecule has 1 aliphatic heterocycles. The maximum Gasteiger partial charge on any atom is 0.321 e. The second kappa shape index (κ2) is 3.14. The zero-order chi connectivity index (χ0) is 10.5. The largest absolute Gasteiger partial charge is 0.480 e. The van der Waals surface area contributed by atoms with Crippen LogP contribution in [0.5, 0.6) is 0 Å². The Labute approximate surface area is 94.0 Å². The smallest absolute Gasteiger partial charge is 0.321 e. The van der Waals surface area contributed by atoms with Gasteiger partial charge < -0.3 is 5.11 Å². The highest BCUT2D eigenvalue weighted by Crippen LogP contribution is 2.64. The molecule has 0 bridgehead atoms. The summed E-state index contributed by atoms with van der Waals surface area (Å²) in [6.45, 7) is 0. The van der Waals surface area contributed by atoms with E-state index >= 15 is 0 Å². The molecule has 2 saturated carbocycles. The van der Waals surface area contributed by atoms with Crippen LogP contribution in [0.4, 0.5) is 0 Å². The molecule has 2 N–H and O–H groups in total. The molecule has 4 heteroatoms. The van der Waals surface area contributed by atoms with Gasteiger partial charge in [0.25, 0.3) is 0 Å². The Morgan fingerprint density at radius 2 is 1.93 bits per heavy atom. The topological polar surface area (TPSA) is 49.3 Å². The third kappa shape index (κ3) is 1.21. The molecule has 0 amide bonds. The predicted molar refractivity (Wildman–Crippen MR) is 59.9 cm³/mol. The molecule has 3 aliphatic rings. The minimum Gasteiger partial charge on any atom is -0.480 e. The maximum absolute atomic E-state index is 11.0. The number of nitrogens with one attached hydrogen (secondary N) is 1. The number of fused-ring (bicyclic) bond motifs is 1. The van der Waals surface area contributed by atoms with Gasteiger partial charge in [-0.2, -0.15) is 0 Å². The first-order chi connectivity index (χ1) is 7.18. The van der Waals surface area contributed by atoms with Crippen molar-refractivity contribution < 1.29 is 9.90 Å². The van der Waals surface area contributed by atoms with E-state index in [0.29, 0.717) is 5.41 Å². The second-order valence-corrected chi connectivity index (χ2v) is 6.48. The van der Waals surface area contributed by atoms with Gasteiger partial charge in [-0.3, -0.25) is 10.1 Å². The van der Waals surface area contributed by atoms with Gasteiger partial charge in [0, 0.05) is 5.75 Å². The van der Waals surface area contributed by atoms with Crippen LogP contribution in [0, 0.1) is 5.41 Å². The van der Waals surface area contributed by atoms with Gasteiger partial charge in [0.05, 0.1) is 4.87 Å². The van der Waals surface area contributed by atoms with Gasteiger partial charge in [-0.25, -0.2) is 0 Å². The van der Waals surface area contributed by atoms with E-state index in [1.165, 1.54) is 38.5 Å². The SMILES string of the molecule is O=C(O)[C@@H]1CSC2(CCCC23CCC3)N1. The summed E-state index contributed by atoms with van der Waals surface area (Å²) in [5.41, 5.74) is 0.446. The standard InChI is InChI=1S/C11H17NO2S/c13-9(14)8-7-15-11(12-8)6-2-5-10(11)3-1-4-10/h8,12H,1-7H2,(H,13,14)/t8-,11?/m0/s1. The number of aliphatic carboxylic acids is 1. The Morgan fingerprint density at radius 3 is 2.47 bits per heavy atom. The van der Waals surface area contributed by atoms with Crippen LogP contribution in [-0.2, 0) is 4.79 Å². The van der Waals surface area contributed by atoms with Crippen molar-refractivity contribution in [3.05, 3.63) is 0 Å². The van der Waals surface area contributed by atoms with Crippen molar-refractivity contribution in [2.75, 3.05) is 5.75 Å². The lowest BCUT2D eigenvalue weighted by Crippen LogP contribution is -2.55. The summed E-state index contributed by atoms with van der Waals surface area (Å²) in [6, 6.07) is -0.314. The van der Waals surface area contributed by atoms with E-state index in [4.69, 9.17) is 5.11 Å². The molecule has 3 fully saturated rings. The van der Waals surface area contributed by atoms with Crippen LogP contribution < -0.4 is 5.32 Å². The van der Waals surface area contributed by atoms with Crippen LogP contribution in [-0.4, -0.2) is 27.7 Å². The van der Waals surface area contributed by atoms with Crippen LogP contribution >= 0.6 is 11.8 Å². The Morgan fingerprint density at radius 1 is 1.27 bits per heavy atom. The average Bonchev–Trinajstić information content (AvgIpc) is 2.70. The molecule has 84 valence electrons. The first-order valence-corrected chi connectivity index (χ1v) is 6.81. The number of rotatable bonds is 1. The van der Waals surface area contributed by atoms with E-state index < -0.39 is 5.97 Å². The van der Waals surface area contributed by atoms with Crippen molar-refractivity contribution in [2.24, 2.45) is 5.41 Å². The molecule has 3 rings (SSSR count). The number of carbonyl (C=O) groups is 1. The quantitative estimate of drug-likeness (QED) is 0.717. The molecule has 1 heterocycles. The van der Waals surface area contributed by atoms with Crippen molar-refractivity contribution in [2.45, 2.75) is 49.4 Å². The van der Waals surface area contributed by atoms with E-state index in [1.54, 1.807) is 0 Å². The van der Waals surface area contributed by atoms with Crippen LogP contribution in [0.1, 0.15) is 38.5 Å². The van der Waals surface area contributed by atoms with Crippen molar-refractivity contribution in [3.63, 3.8) is 0 Å². The van der Waals surface area contributed by atoms with Gasteiger partial charge in [0.2, 0.25) is 0 Å². The molecule has 0 aromatic rings. The lowest BCUT2D eigenvalue weighted by molar-refractivity contribution is -0.139. The van der Waals surface area contributed by atoms with E-state index in [9.17, 15) is 4.79 Å². The van der Waals surface area contributed by atoms with Crippen LogP contribution in [0.25, 0.3) is 0 Å². The Hall–Kier alpha value is -0.220. The number of thioether (sulfide) groups is 1. The van der Waals surface area contributed by atoms with Gasteiger partial charge in [-0.1, -0.05) is 12.8 Å². The first-order valence-electron chi connectivity index (χ1n) is 5.82. The third-order valence-electron chi connectivity index (χ3n) is 4.55. The lowest BCUT2D eigenvalue weighted by Gasteiger charge is -2.50. The van der Waals surface area contributed by atoms with Crippen LogP contribution in [0.15, 0.2) is 0 Å². The minimum absolute atomic E-state index is 0.119. The van der Waals surface area contributed by atoms with Crippen LogP contribution in [0.2, 0.25) is 0 Å². The summed E-state index contributed by atoms with van der Waals surface area (Å²) in [5.74, 6) is 0.0672. The zero-order valence-electron chi connectivity index (χ0n) is 8.79.